The number of aromatic nitrogens is 1. The van der Waals surface area contributed by atoms with Crippen LogP contribution in [0.4, 0.5) is 0 Å². The summed E-state index contributed by atoms with van der Waals surface area (Å²) in [6, 6.07) is 13.8. The number of carbonyl (C=O) groups is 2. The van der Waals surface area contributed by atoms with Gasteiger partial charge in [0.25, 0.3) is 0 Å². The summed E-state index contributed by atoms with van der Waals surface area (Å²) in [6.45, 7) is 8.63. The lowest BCUT2D eigenvalue weighted by Gasteiger charge is -2.16. The van der Waals surface area contributed by atoms with Crippen LogP contribution in [0.25, 0.3) is 21.7 Å². The van der Waals surface area contributed by atoms with Gasteiger partial charge < -0.3 is 28.5 Å². The van der Waals surface area contributed by atoms with Gasteiger partial charge in [-0.2, -0.15) is 0 Å². The highest BCUT2D eigenvalue weighted by Crippen LogP contribution is 2.34. The Balaban J connectivity index is 1.32. The monoisotopic (exact) mass is 567 g/mol. The molecule has 2 aromatic carbocycles. The minimum Gasteiger partial charge on any atom is -0.494 e. The van der Waals surface area contributed by atoms with E-state index in [9.17, 15) is 14.7 Å². The predicted molar refractivity (Wildman–Crippen MR) is 151 cm³/mol. The SMILES string of the molecule is CCOC(=O)CCCOc1ccc(OC(COc2ccc3oc(-c4nc(C(C)(C)C)cs4)cc3c2)C(=O)O)cc1. The fourth-order valence-corrected chi connectivity index (χ4v) is 4.69. The Labute approximate surface area is 236 Å². The molecular weight excluding hydrogens is 534 g/mol. The molecule has 0 aliphatic rings. The van der Waals surface area contributed by atoms with Crippen LogP contribution in [-0.4, -0.2) is 48.0 Å². The number of carboxylic acid groups (broad SMARTS) is 1. The van der Waals surface area contributed by atoms with Crippen molar-refractivity contribution in [3.8, 4) is 28.0 Å². The summed E-state index contributed by atoms with van der Waals surface area (Å²) < 4.78 is 27.9. The van der Waals surface area contributed by atoms with Crippen LogP contribution in [0, 0.1) is 0 Å². The fourth-order valence-electron chi connectivity index (χ4n) is 3.69. The van der Waals surface area contributed by atoms with Crippen molar-refractivity contribution in [1.29, 1.82) is 0 Å². The van der Waals surface area contributed by atoms with Crippen molar-refractivity contribution in [2.24, 2.45) is 0 Å². The molecular formula is C30H33NO8S. The van der Waals surface area contributed by atoms with E-state index >= 15 is 0 Å². The molecule has 0 amide bonds. The number of hydrogen-bond acceptors (Lipinski definition) is 9. The van der Waals surface area contributed by atoms with Gasteiger partial charge in [0.1, 0.15) is 29.4 Å². The molecule has 212 valence electrons. The van der Waals surface area contributed by atoms with Crippen LogP contribution in [0.2, 0.25) is 0 Å². The van der Waals surface area contributed by atoms with Gasteiger partial charge in [-0.3, -0.25) is 4.79 Å². The smallest absolute Gasteiger partial charge is 0.348 e. The number of fused-ring (bicyclic) bond motifs is 1. The summed E-state index contributed by atoms with van der Waals surface area (Å²) in [6.07, 6.45) is -0.406. The van der Waals surface area contributed by atoms with E-state index < -0.39 is 12.1 Å². The van der Waals surface area contributed by atoms with E-state index in [0.29, 0.717) is 48.2 Å². The molecule has 0 fully saturated rings. The normalized spacial score (nSPS) is 12.2. The Morgan fingerprint density at radius 2 is 1.75 bits per heavy atom. The molecule has 1 unspecified atom stereocenters. The lowest BCUT2D eigenvalue weighted by molar-refractivity contribution is -0.146. The van der Waals surface area contributed by atoms with E-state index in [1.165, 1.54) is 11.3 Å². The third-order valence-electron chi connectivity index (χ3n) is 5.85. The lowest BCUT2D eigenvalue weighted by Crippen LogP contribution is -2.33. The van der Waals surface area contributed by atoms with Gasteiger partial charge in [0.2, 0.25) is 6.10 Å². The summed E-state index contributed by atoms with van der Waals surface area (Å²) >= 11 is 1.53. The van der Waals surface area contributed by atoms with E-state index in [-0.39, 0.29) is 24.4 Å². The Morgan fingerprint density at radius 3 is 2.42 bits per heavy atom. The molecule has 0 saturated carbocycles. The second kappa shape index (κ2) is 12.9. The zero-order valence-electron chi connectivity index (χ0n) is 23.0. The molecule has 1 atom stereocenters. The zero-order valence-corrected chi connectivity index (χ0v) is 23.8. The van der Waals surface area contributed by atoms with Gasteiger partial charge in [0.05, 0.1) is 18.9 Å². The number of rotatable bonds is 13. The maximum atomic E-state index is 11.8. The molecule has 9 nitrogen and oxygen atoms in total. The van der Waals surface area contributed by atoms with E-state index in [1.54, 1.807) is 49.4 Å². The first kappa shape index (κ1) is 28.9. The molecule has 0 spiro atoms. The summed E-state index contributed by atoms with van der Waals surface area (Å²) in [7, 11) is 0. The van der Waals surface area contributed by atoms with Crippen molar-refractivity contribution in [3.05, 3.63) is 59.6 Å². The molecule has 4 rings (SSSR count). The van der Waals surface area contributed by atoms with Crippen molar-refractivity contribution < 1.29 is 38.1 Å². The average Bonchev–Trinajstić information content (AvgIpc) is 3.57. The first-order chi connectivity index (χ1) is 19.1. The van der Waals surface area contributed by atoms with E-state index in [1.807, 2.05) is 11.4 Å². The molecule has 40 heavy (non-hydrogen) atoms. The van der Waals surface area contributed by atoms with Crippen LogP contribution in [-0.2, 0) is 19.7 Å². The maximum absolute atomic E-state index is 11.8. The minimum atomic E-state index is -1.22. The summed E-state index contributed by atoms with van der Waals surface area (Å²) in [5, 5.41) is 13.3. The predicted octanol–water partition coefficient (Wildman–Crippen LogP) is 6.49. The van der Waals surface area contributed by atoms with E-state index in [2.05, 4.69) is 20.8 Å². The first-order valence-electron chi connectivity index (χ1n) is 13.0. The number of carbonyl (C=O) groups excluding carboxylic acids is 1. The molecule has 1 N–H and O–H groups in total. The third-order valence-corrected chi connectivity index (χ3v) is 6.71. The maximum Gasteiger partial charge on any atom is 0.348 e. The topological polar surface area (TPSA) is 117 Å². The van der Waals surface area contributed by atoms with Crippen molar-refractivity contribution in [2.75, 3.05) is 19.8 Å². The van der Waals surface area contributed by atoms with E-state index in [4.69, 9.17) is 28.3 Å². The largest absolute Gasteiger partial charge is 0.494 e. The summed E-state index contributed by atoms with van der Waals surface area (Å²) in [5.74, 6) is 0.713. The Morgan fingerprint density at radius 1 is 1.02 bits per heavy atom. The van der Waals surface area contributed by atoms with Gasteiger partial charge in [0, 0.05) is 22.6 Å². The van der Waals surface area contributed by atoms with Gasteiger partial charge >= 0.3 is 11.9 Å². The second-order valence-corrected chi connectivity index (χ2v) is 10.9. The van der Waals surface area contributed by atoms with Crippen molar-refractivity contribution in [2.45, 2.75) is 52.1 Å². The van der Waals surface area contributed by atoms with Gasteiger partial charge in [0.15, 0.2) is 10.8 Å². The Hall–Kier alpha value is -4.05. The molecule has 2 heterocycles. The standard InChI is InChI=1S/C30H33NO8S/c1-5-35-27(32)7-6-14-36-20-8-10-21(11-9-20)38-25(29(33)34)17-37-22-12-13-23-19(15-22)16-24(39-23)28-31-26(18-40-28)30(2,3)4/h8-13,15-16,18,25H,5-7,14,17H2,1-4H3,(H,33,34). The number of nitrogens with zero attached hydrogens (tertiary/aromatic N) is 1. The number of carboxylic acids is 1. The highest BCUT2D eigenvalue weighted by molar-refractivity contribution is 7.13. The summed E-state index contributed by atoms with van der Waals surface area (Å²) in [5.41, 5.74) is 1.64. The fraction of sp³-hybridized carbons (Fsp3) is 0.367. The second-order valence-electron chi connectivity index (χ2n) is 10.1. The van der Waals surface area contributed by atoms with Crippen molar-refractivity contribution in [1.82, 2.24) is 4.98 Å². The molecule has 0 aliphatic heterocycles. The number of hydrogen-bond donors (Lipinski definition) is 1. The number of esters is 1. The molecule has 0 aliphatic carbocycles. The van der Waals surface area contributed by atoms with Crippen LogP contribution >= 0.6 is 11.3 Å². The highest BCUT2D eigenvalue weighted by Gasteiger charge is 2.22. The molecule has 4 aromatic rings. The number of aliphatic carboxylic acids is 1. The molecule has 0 radical (unpaired) electrons. The van der Waals surface area contributed by atoms with E-state index in [0.717, 1.165) is 16.1 Å². The van der Waals surface area contributed by atoms with Gasteiger partial charge in [-0.05, 0) is 61.9 Å². The van der Waals surface area contributed by atoms with Crippen LogP contribution < -0.4 is 14.2 Å². The molecule has 0 bridgehead atoms. The first-order valence-corrected chi connectivity index (χ1v) is 13.9. The Bertz CT molecular complexity index is 1430. The summed E-state index contributed by atoms with van der Waals surface area (Å²) in [4.78, 5) is 27.9. The minimum absolute atomic E-state index is 0.0488. The molecule has 10 heteroatoms. The Kier molecular flexibility index (Phi) is 9.31. The van der Waals surface area contributed by atoms with Crippen molar-refractivity contribution >= 4 is 34.2 Å². The number of benzene rings is 2. The quantitative estimate of drug-likeness (QED) is 0.143. The van der Waals surface area contributed by atoms with Gasteiger partial charge in [-0.15, -0.1) is 11.3 Å². The van der Waals surface area contributed by atoms with Gasteiger partial charge in [-0.25, -0.2) is 9.78 Å². The van der Waals surface area contributed by atoms with Crippen LogP contribution in [0.5, 0.6) is 17.2 Å². The molecule has 0 saturated heterocycles. The highest BCUT2D eigenvalue weighted by atomic mass is 32.1. The number of furan rings is 1. The van der Waals surface area contributed by atoms with Crippen LogP contribution in [0.3, 0.4) is 0 Å². The zero-order chi connectivity index (χ0) is 28.7. The number of ether oxygens (including phenoxy) is 4. The lowest BCUT2D eigenvalue weighted by atomic mass is 9.93. The van der Waals surface area contributed by atoms with Gasteiger partial charge in [-0.1, -0.05) is 20.8 Å². The van der Waals surface area contributed by atoms with Crippen molar-refractivity contribution in [3.63, 3.8) is 0 Å². The van der Waals surface area contributed by atoms with Crippen LogP contribution in [0.15, 0.2) is 58.3 Å². The third kappa shape index (κ3) is 7.75. The van der Waals surface area contributed by atoms with Crippen LogP contribution in [0.1, 0.15) is 46.2 Å². The number of thiazole rings is 1. The average molecular weight is 568 g/mol. The molecule has 2 aromatic heterocycles.